The molecule has 8 heteroatoms. The van der Waals surface area contributed by atoms with E-state index in [0.29, 0.717) is 6.54 Å². The molecule has 0 atom stereocenters. The lowest BCUT2D eigenvalue weighted by Crippen LogP contribution is -2.45. The first-order valence-electron chi connectivity index (χ1n) is 7.96. The minimum Gasteiger partial charge on any atom is -0.355 e. The molecular weight excluding hydrogens is 357 g/mol. The van der Waals surface area contributed by atoms with Crippen molar-refractivity contribution in [2.24, 2.45) is 5.41 Å². The lowest BCUT2D eigenvalue weighted by atomic mass is 9.90. The van der Waals surface area contributed by atoms with Gasteiger partial charge in [-0.3, -0.25) is 9.59 Å². The molecule has 0 unspecified atom stereocenters. The molecule has 0 aliphatic heterocycles. The summed E-state index contributed by atoms with van der Waals surface area (Å²) < 4.78 is 38.3. The molecule has 0 aliphatic rings. The van der Waals surface area contributed by atoms with Crippen LogP contribution in [0, 0.1) is 5.41 Å². The summed E-state index contributed by atoms with van der Waals surface area (Å²) in [6.07, 6.45) is -1.82. The SMILES string of the molecule is CCCCCNC(=O)C(C)(C)C(=O)Nc1cc(C(F)(F)F)ccc1Cl. The number of rotatable bonds is 7. The Hall–Kier alpha value is -1.76. The summed E-state index contributed by atoms with van der Waals surface area (Å²) >= 11 is 5.86. The van der Waals surface area contributed by atoms with Crippen LogP contribution in [0.1, 0.15) is 45.6 Å². The minimum atomic E-state index is -4.56. The van der Waals surface area contributed by atoms with E-state index in [1.807, 2.05) is 6.92 Å². The van der Waals surface area contributed by atoms with Crippen LogP contribution in [0.5, 0.6) is 0 Å². The number of carbonyl (C=O) groups excluding carboxylic acids is 2. The van der Waals surface area contributed by atoms with Gasteiger partial charge in [-0.15, -0.1) is 0 Å². The maximum atomic E-state index is 12.8. The zero-order chi connectivity index (χ0) is 19.3. The Labute approximate surface area is 150 Å². The lowest BCUT2D eigenvalue weighted by molar-refractivity contribution is -0.139. The second-order valence-corrected chi connectivity index (χ2v) is 6.64. The van der Waals surface area contributed by atoms with Crippen molar-refractivity contribution >= 4 is 29.1 Å². The van der Waals surface area contributed by atoms with E-state index in [0.717, 1.165) is 37.5 Å². The van der Waals surface area contributed by atoms with Gasteiger partial charge in [0.15, 0.2) is 0 Å². The van der Waals surface area contributed by atoms with Gasteiger partial charge in [-0.1, -0.05) is 31.4 Å². The molecule has 1 rings (SSSR count). The quantitative estimate of drug-likeness (QED) is 0.537. The predicted octanol–water partition coefficient (Wildman–Crippen LogP) is 4.63. The van der Waals surface area contributed by atoms with E-state index in [1.165, 1.54) is 13.8 Å². The molecule has 0 saturated heterocycles. The first-order valence-corrected chi connectivity index (χ1v) is 8.34. The summed E-state index contributed by atoms with van der Waals surface area (Å²) in [4.78, 5) is 24.6. The number of halogens is 4. The third-order valence-electron chi connectivity index (χ3n) is 3.74. The largest absolute Gasteiger partial charge is 0.416 e. The topological polar surface area (TPSA) is 58.2 Å². The maximum absolute atomic E-state index is 12.8. The van der Waals surface area contributed by atoms with Crippen LogP contribution in [-0.2, 0) is 15.8 Å². The normalized spacial score (nSPS) is 12.0. The fraction of sp³-hybridized carbons (Fsp3) is 0.529. The van der Waals surface area contributed by atoms with Gasteiger partial charge in [-0.2, -0.15) is 13.2 Å². The molecule has 2 amide bonds. The molecule has 1 aromatic rings. The number of hydrogen-bond acceptors (Lipinski definition) is 2. The van der Waals surface area contributed by atoms with Gasteiger partial charge in [0.25, 0.3) is 0 Å². The van der Waals surface area contributed by atoms with E-state index < -0.39 is 29.0 Å². The van der Waals surface area contributed by atoms with E-state index in [-0.39, 0.29) is 10.7 Å². The Bertz CT molecular complexity index is 631. The van der Waals surface area contributed by atoms with E-state index in [4.69, 9.17) is 11.6 Å². The van der Waals surface area contributed by atoms with Crippen LogP contribution in [0.3, 0.4) is 0 Å². The smallest absolute Gasteiger partial charge is 0.355 e. The molecule has 25 heavy (non-hydrogen) atoms. The Morgan fingerprint density at radius 3 is 2.32 bits per heavy atom. The number of benzene rings is 1. The van der Waals surface area contributed by atoms with Gasteiger partial charge in [-0.05, 0) is 38.5 Å². The zero-order valence-electron chi connectivity index (χ0n) is 14.4. The van der Waals surface area contributed by atoms with Crippen molar-refractivity contribution in [1.29, 1.82) is 0 Å². The van der Waals surface area contributed by atoms with Crippen LogP contribution in [0.4, 0.5) is 18.9 Å². The summed E-state index contributed by atoms with van der Waals surface area (Å²) in [5, 5.41) is 4.93. The van der Waals surface area contributed by atoms with Gasteiger partial charge in [-0.25, -0.2) is 0 Å². The molecule has 0 saturated carbocycles. The number of amides is 2. The molecule has 2 N–H and O–H groups in total. The highest BCUT2D eigenvalue weighted by Gasteiger charge is 2.37. The number of nitrogens with one attached hydrogen (secondary N) is 2. The van der Waals surface area contributed by atoms with E-state index in [9.17, 15) is 22.8 Å². The molecule has 0 aliphatic carbocycles. The average Bonchev–Trinajstić information content (AvgIpc) is 2.52. The monoisotopic (exact) mass is 378 g/mol. The minimum absolute atomic E-state index is 0.0412. The highest BCUT2D eigenvalue weighted by Crippen LogP contribution is 2.34. The molecule has 140 valence electrons. The number of alkyl halides is 3. The first-order chi connectivity index (χ1) is 11.5. The molecular formula is C17H22ClF3N2O2. The Morgan fingerprint density at radius 1 is 1.12 bits per heavy atom. The standard InChI is InChI=1S/C17H22ClF3N2O2/c1-4-5-6-9-22-14(24)16(2,3)15(25)23-13-10-11(17(19,20)21)7-8-12(13)18/h7-8,10H,4-6,9H2,1-3H3,(H,22,24)(H,23,25). The summed E-state index contributed by atoms with van der Waals surface area (Å²) in [7, 11) is 0. The van der Waals surface area contributed by atoms with Crippen molar-refractivity contribution in [2.45, 2.75) is 46.2 Å². The predicted molar refractivity (Wildman–Crippen MR) is 91.4 cm³/mol. The number of unbranched alkanes of at least 4 members (excludes halogenated alkanes) is 2. The Kier molecular flexibility index (Phi) is 7.29. The third kappa shape index (κ3) is 5.92. The number of carbonyl (C=O) groups is 2. The second kappa shape index (κ2) is 8.56. The van der Waals surface area contributed by atoms with Crippen LogP contribution >= 0.6 is 11.6 Å². The maximum Gasteiger partial charge on any atom is 0.416 e. The highest BCUT2D eigenvalue weighted by molar-refractivity contribution is 6.34. The Balaban J connectivity index is 2.84. The van der Waals surface area contributed by atoms with Crippen molar-refractivity contribution in [1.82, 2.24) is 5.32 Å². The first kappa shape index (κ1) is 21.3. The average molecular weight is 379 g/mol. The van der Waals surface area contributed by atoms with E-state index in [2.05, 4.69) is 10.6 Å². The highest BCUT2D eigenvalue weighted by atomic mass is 35.5. The van der Waals surface area contributed by atoms with E-state index in [1.54, 1.807) is 0 Å². The van der Waals surface area contributed by atoms with Crippen LogP contribution in [0.15, 0.2) is 18.2 Å². The van der Waals surface area contributed by atoms with Crippen molar-refractivity contribution < 1.29 is 22.8 Å². The third-order valence-corrected chi connectivity index (χ3v) is 4.07. The molecule has 1 aromatic carbocycles. The fourth-order valence-corrected chi connectivity index (χ4v) is 2.14. The molecule has 0 aromatic heterocycles. The Morgan fingerprint density at radius 2 is 1.76 bits per heavy atom. The van der Waals surface area contributed by atoms with Crippen LogP contribution < -0.4 is 10.6 Å². The zero-order valence-corrected chi connectivity index (χ0v) is 15.1. The molecule has 0 bridgehead atoms. The van der Waals surface area contributed by atoms with Gasteiger partial charge in [0.05, 0.1) is 16.3 Å². The fourth-order valence-electron chi connectivity index (χ4n) is 1.98. The van der Waals surface area contributed by atoms with Crippen molar-refractivity contribution in [3.63, 3.8) is 0 Å². The molecule has 0 radical (unpaired) electrons. The lowest BCUT2D eigenvalue weighted by Gasteiger charge is -2.23. The second-order valence-electron chi connectivity index (χ2n) is 6.23. The van der Waals surface area contributed by atoms with Gasteiger partial charge in [0.2, 0.25) is 11.8 Å². The van der Waals surface area contributed by atoms with Crippen LogP contribution in [0.2, 0.25) is 5.02 Å². The van der Waals surface area contributed by atoms with E-state index >= 15 is 0 Å². The van der Waals surface area contributed by atoms with Gasteiger partial charge in [0, 0.05) is 6.54 Å². The van der Waals surface area contributed by atoms with Gasteiger partial charge < -0.3 is 10.6 Å². The van der Waals surface area contributed by atoms with Crippen molar-refractivity contribution in [3.8, 4) is 0 Å². The summed E-state index contributed by atoms with van der Waals surface area (Å²) in [6.45, 7) is 5.27. The van der Waals surface area contributed by atoms with Gasteiger partial charge >= 0.3 is 6.18 Å². The van der Waals surface area contributed by atoms with Crippen molar-refractivity contribution in [2.75, 3.05) is 11.9 Å². The molecule has 0 heterocycles. The summed E-state index contributed by atoms with van der Waals surface area (Å²) in [5.74, 6) is -1.23. The summed E-state index contributed by atoms with van der Waals surface area (Å²) in [6, 6.07) is 2.62. The molecule has 0 fully saturated rings. The van der Waals surface area contributed by atoms with Gasteiger partial charge in [0.1, 0.15) is 5.41 Å². The number of anilines is 1. The van der Waals surface area contributed by atoms with Crippen molar-refractivity contribution in [3.05, 3.63) is 28.8 Å². The molecule has 4 nitrogen and oxygen atoms in total. The molecule has 0 spiro atoms. The van der Waals surface area contributed by atoms with Crippen LogP contribution in [-0.4, -0.2) is 18.4 Å². The summed E-state index contributed by atoms with van der Waals surface area (Å²) in [5.41, 5.74) is -2.58. The van der Waals surface area contributed by atoms with Crippen LogP contribution in [0.25, 0.3) is 0 Å². The number of hydrogen-bond donors (Lipinski definition) is 2.